The van der Waals surface area contributed by atoms with Crippen molar-refractivity contribution >= 4 is 0 Å². The van der Waals surface area contributed by atoms with Gasteiger partial charge in [-0.1, -0.05) is 31.0 Å². The van der Waals surface area contributed by atoms with Gasteiger partial charge in [0.25, 0.3) is 0 Å². The van der Waals surface area contributed by atoms with E-state index in [4.69, 9.17) is 4.74 Å². The van der Waals surface area contributed by atoms with Crippen LogP contribution in [0.4, 0.5) is 0 Å². The van der Waals surface area contributed by atoms with E-state index < -0.39 is 0 Å². The Labute approximate surface area is 121 Å². The second-order valence-corrected chi connectivity index (χ2v) is 6.26. The molecule has 1 N–H and O–H groups in total. The fraction of sp³-hybridized carbons (Fsp3) is 0.647. The number of likely N-dealkylation sites (tertiary alicyclic amines) is 1. The first-order valence-electron chi connectivity index (χ1n) is 7.89. The molecule has 2 atom stereocenters. The molecular weight excluding hydrogens is 250 g/mol. The second-order valence-electron chi connectivity index (χ2n) is 6.26. The van der Waals surface area contributed by atoms with Gasteiger partial charge in [-0.05, 0) is 31.4 Å². The Balaban J connectivity index is 1.45. The highest BCUT2D eigenvalue weighted by atomic mass is 16.5. The number of hydrogen-bond acceptors (Lipinski definition) is 3. The standard InChI is InChI=1S/C17H25NO2/c19-17-9-5-4-6-15(17)14-18(11-10-17)12-13-20-16-7-2-1-3-8-16/h1-3,7-8,15,19H,4-6,9-14H2. The van der Waals surface area contributed by atoms with E-state index in [0.29, 0.717) is 5.92 Å². The number of aliphatic hydroxyl groups is 1. The van der Waals surface area contributed by atoms with E-state index in [2.05, 4.69) is 4.90 Å². The van der Waals surface area contributed by atoms with Crippen LogP contribution in [0.5, 0.6) is 5.75 Å². The van der Waals surface area contributed by atoms with Gasteiger partial charge >= 0.3 is 0 Å². The molecule has 0 spiro atoms. The number of piperidine rings is 1. The minimum absolute atomic E-state index is 0.366. The lowest BCUT2D eigenvalue weighted by Gasteiger charge is -2.47. The van der Waals surface area contributed by atoms with Crippen LogP contribution < -0.4 is 4.74 Å². The molecule has 1 aromatic carbocycles. The van der Waals surface area contributed by atoms with E-state index in [1.807, 2.05) is 30.3 Å². The first-order chi connectivity index (χ1) is 9.76. The van der Waals surface area contributed by atoms with Gasteiger partial charge in [0.2, 0.25) is 0 Å². The summed E-state index contributed by atoms with van der Waals surface area (Å²) in [4.78, 5) is 2.45. The minimum Gasteiger partial charge on any atom is -0.492 e. The summed E-state index contributed by atoms with van der Waals surface area (Å²) in [7, 11) is 0. The monoisotopic (exact) mass is 275 g/mol. The van der Waals surface area contributed by atoms with Crippen molar-refractivity contribution in [1.29, 1.82) is 0 Å². The van der Waals surface area contributed by atoms with Crippen LogP contribution in [0, 0.1) is 5.92 Å². The Morgan fingerprint density at radius 2 is 2.05 bits per heavy atom. The summed E-state index contributed by atoms with van der Waals surface area (Å²) in [5.74, 6) is 1.42. The molecule has 20 heavy (non-hydrogen) atoms. The van der Waals surface area contributed by atoms with Crippen molar-refractivity contribution in [3.05, 3.63) is 30.3 Å². The molecule has 1 saturated heterocycles. The Kier molecular flexibility index (Phi) is 4.27. The molecule has 110 valence electrons. The predicted molar refractivity (Wildman–Crippen MR) is 79.9 cm³/mol. The Morgan fingerprint density at radius 3 is 2.90 bits per heavy atom. The summed E-state index contributed by atoms with van der Waals surface area (Å²) >= 11 is 0. The average Bonchev–Trinajstić information content (AvgIpc) is 2.48. The van der Waals surface area contributed by atoms with E-state index in [9.17, 15) is 5.11 Å². The van der Waals surface area contributed by atoms with E-state index in [1.165, 1.54) is 19.3 Å². The van der Waals surface area contributed by atoms with Crippen LogP contribution in [0.1, 0.15) is 32.1 Å². The van der Waals surface area contributed by atoms with Crippen LogP contribution in [0.25, 0.3) is 0 Å². The van der Waals surface area contributed by atoms with Crippen molar-refractivity contribution in [3.63, 3.8) is 0 Å². The third-order valence-corrected chi connectivity index (χ3v) is 4.93. The highest BCUT2D eigenvalue weighted by Gasteiger charge is 2.42. The van der Waals surface area contributed by atoms with Gasteiger partial charge in [-0.15, -0.1) is 0 Å². The van der Waals surface area contributed by atoms with Crippen molar-refractivity contribution in [2.45, 2.75) is 37.7 Å². The van der Waals surface area contributed by atoms with Gasteiger partial charge in [0.15, 0.2) is 0 Å². The Hall–Kier alpha value is -1.06. The molecule has 1 saturated carbocycles. The van der Waals surface area contributed by atoms with Gasteiger partial charge < -0.3 is 9.84 Å². The van der Waals surface area contributed by atoms with E-state index in [1.54, 1.807) is 0 Å². The fourth-order valence-corrected chi connectivity index (χ4v) is 3.65. The normalized spacial score (nSPS) is 30.8. The second kappa shape index (κ2) is 6.15. The third-order valence-electron chi connectivity index (χ3n) is 4.93. The van der Waals surface area contributed by atoms with Crippen molar-refractivity contribution < 1.29 is 9.84 Å². The van der Waals surface area contributed by atoms with Crippen LogP contribution in [-0.2, 0) is 0 Å². The molecule has 0 amide bonds. The molecule has 2 fully saturated rings. The highest BCUT2D eigenvalue weighted by Crippen LogP contribution is 2.39. The zero-order chi connectivity index (χ0) is 13.8. The van der Waals surface area contributed by atoms with Gasteiger partial charge in [0, 0.05) is 25.6 Å². The summed E-state index contributed by atoms with van der Waals surface area (Å²) in [6.07, 6.45) is 5.60. The fourth-order valence-electron chi connectivity index (χ4n) is 3.65. The van der Waals surface area contributed by atoms with Crippen molar-refractivity contribution in [1.82, 2.24) is 4.90 Å². The molecular formula is C17H25NO2. The zero-order valence-electron chi connectivity index (χ0n) is 12.1. The topological polar surface area (TPSA) is 32.7 Å². The van der Waals surface area contributed by atoms with E-state index >= 15 is 0 Å². The number of benzene rings is 1. The zero-order valence-corrected chi connectivity index (χ0v) is 12.1. The molecule has 3 rings (SSSR count). The summed E-state index contributed by atoms with van der Waals surface area (Å²) < 4.78 is 5.77. The molecule has 0 radical (unpaired) electrons. The van der Waals surface area contributed by atoms with Crippen molar-refractivity contribution in [3.8, 4) is 5.75 Å². The smallest absolute Gasteiger partial charge is 0.119 e. The summed E-state index contributed by atoms with van der Waals surface area (Å²) in [5, 5.41) is 10.7. The molecule has 2 aliphatic rings. The molecule has 2 unspecified atom stereocenters. The molecule has 1 heterocycles. The SMILES string of the molecule is OC12CCCCC1CN(CCOc1ccccc1)CC2. The number of fused-ring (bicyclic) bond motifs is 1. The quantitative estimate of drug-likeness (QED) is 0.917. The maximum absolute atomic E-state index is 10.7. The summed E-state index contributed by atoms with van der Waals surface area (Å²) in [6.45, 7) is 3.73. The third kappa shape index (κ3) is 3.15. The number of nitrogens with zero attached hydrogens (tertiary/aromatic N) is 1. The molecule has 0 bridgehead atoms. The molecule has 0 aromatic heterocycles. The summed E-state index contributed by atoms with van der Waals surface area (Å²) in [6, 6.07) is 9.99. The van der Waals surface area contributed by atoms with Gasteiger partial charge in [0.1, 0.15) is 12.4 Å². The maximum atomic E-state index is 10.7. The first kappa shape index (κ1) is 13.9. The lowest BCUT2D eigenvalue weighted by molar-refractivity contribution is -0.0963. The van der Waals surface area contributed by atoms with Crippen molar-refractivity contribution in [2.75, 3.05) is 26.2 Å². The van der Waals surface area contributed by atoms with Crippen LogP contribution in [0.15, 0.2) is 30.3 Å². The summed E-state index contributed by atoms with van der Waals surface area (Å²) in [5.41, 5.74) is -0.366. The van der Waals surface area contributed by atoms with Crippen LogP contribution >= 0.6 is 0 Å². The number of para-hydroxylation sites is 1. The van der Waals surface area contributed by atoms with Crippen LogP contribution in [0.2, 0.25) is 0 Å². The largest absolute Gasteiger partial charge is 0.492 e. The Morgan fingerprint density at radius 1 is 1.20 bits per heavy atom. The maximum Gasteiger partial charge on any atom is 0.119 e. The Bertz CT molecular complexity index is 422. The number of rotatable bonds is 4. The lowest BCUT2D eigenvalue weighted by atomic mass is 9.71. The van der Waals surface area contributed by atoms with Crippen LogP contribution in [0.3, 0.4) is 0 Å². The van der Waals surface area contributed by atoms with Crippen LogP contribution in [-0.4, -0.2) is 41.8 Å². The molecule has 1 aromatic rings. The van der Waals surface area contributed by atoms with Gasteiger partial charge in [-0.2, -0.15) is 0 Å². The average molecular weight is 275 g/mol. The molecule has 1 aliphatic heterocycles. The van der Waals surface area contributed by atoms with E-state index in [-0.39, 0.29) is 5.60 Å². The molecule has 1 aliphatic carbocycles. The van der Waals surface area contributed by atoms with Gasteiger partial charge in [-0.25, -0.2) is 0 Å². The molecule has 3 nitrogen and oxygen atoms in total. The van der Waals surface area contributed by atoms with Gasteiger partial charge in [0.05, 0.1) is 5.60 Å². The van der Waals surface area contributed by atoms with Gasteiger partial charge in [-0.3, -0.25) is 4.90 Å². The predicted octanol–water partition coefficient (Wildman–Crippen LogP) is 2.69. The first-order valence-corrected chi connectivity index (χ1v) is 7.89. The minimum atomic E-state index is -0.366. The number of hydrogen-bond donors (Lipinski definition) is 1. The number of ether oxygens (including phenoxy) is 1. The lowest BCUT2D eigenvalue weighted by Crippen LogP contribution is -2.53. The molecule has 3 heteroatoms. The van der Waals surface area contributed by atoms with E-state index in [0.717, 1.165) is 44.8 Å². The van der Waals surface area contributed by atoms with Crippen molar-refractivity contribution in [2.24, 2.45) is 5.92 Å². The highest BCUT2D eigenvalue weighted by molar-refractivity contribution is 5.20.